The van der Waals surface area contributed by atoms with Crippen LogP contribution in [0.2, 0.25) is 0 Å². The largest absolute Gasteiger partial charge is 0.493 e. The van der Waals surface area contributed by atoms with Gasteiger partial charge in [0.25, 0.3) is 0 Å². The van der Waals surface area contributed by atoms with Crippen molar-refractivity contribution in [2.45, 2.75) is 30.7 Å². The second-order valence-electron chi connectivity index (χ2n) is 7.37. The summed E-state index contributed by atoms with van der Waals surface area (Å²) in [5, 5.41) is 2.91. The van der Waals surface area contributed by atoms with Crippen LogP contribution < -0.4 is 14.8 Å². The lowest BCUT2D eigenvalue weighted by Gasteiger charge is -2.28. The van der Waals surface area contributed by atoms with Crippen LogP contribution in [-0.4, -0.2) is 52.0 Å². The molecule has 0 unspecified atom stereocenters. The normalized spacial score (nSPS) is 11.9. The highest BCUT2D eigenvalue weighted by Gasteiger charge is 2.27. The van der Waals surface area contributed by atoms with Gasteiger partial charge in [-0.15, -0.1) is 0 Å². The van der Waals surface area contributed by atoms with Crippen LogP contribution in [0, 0.1) is 0 Å². The molecule has 0 heterocycles. The second-order valence-corrected chi connectivity index (χ2v) is 9.42. The molecule has 0 saturated carbocycles. The van der Waals surface area contributed by atoms with E-state index in [-0.39, 0.29) is 17.3 Å². The first-order valence-corrected chi connectivity index (χ1v) is 10.6. The van der Waals surface area contributed by atoms with Crippen molar-refractivity contribution in [3.63, 3.8) is 0 Å². The van der Waals surface area contributed by atoms with Gasteiger partial charge in [-0.05, 0) is 38.0 Å². The van der Waals surface area contributed by atoms with Gasteiger partial charge in [0, 0.05) is 18.7 Å². The predicted molar refractivity (Wildman–Crippen MR) is 112 cm³/mol. The maximum atomic E-state index is 12.8. The number of carbonyl (C=O) groups excluding carboxylic acids is 1. The molecule has 2 aromatic rings. The van der Waals surface area contributed by atoms with E-state index in [2.05, 4.69) is 5.32 Å². The standard InChI is InChI=1S/C21H28N2O5S/c1-21(2,14-16-9-7-6-8-10-16)22-20(24)15-23(3)29(25,26)17-11-12-18(27-4)19(13-17)28-5/h6-13H,14-15H2,1-5H3,(H,22,24). The van der Waals surface area contributed by atoms with E-state index < -0.39 is 15.6 Å². The predicted octanol–water partition coefficient (Wildman–Crippen LogP) is 2.46. The Kier molecular flexibility index (Phi) is 7.26. The smallest absolute Gasteiger partial charge is 0.243 e. The zero-order valence-electron chi connectivity index (χ0n) is 17.4. The number of nitrogens with zero attached hydrogens (tertiary/aromatic N) is 1. The highest BCUT2D eigenvalue weighted by Crippen LogP contribution is 2.30. The van der Waals surface area contributed by atoms with E-state index >= 15 is 0 Å². The average molecular weight is 421 g/mol. The van der Waals surface area contributed by atoms with Gasteiger partial charge in [0.2, 0.25) is 15.9 Å². The van der Waals surface area contributed by atoms with Crippen molar-refractivity contribution >= 4 is 15.9 Å². The van der Waals surface area contributed by atoms with Crippen LogP contribution in [0.3, 0.4) is 0 Å². The lowest BCUT2D eigenvalue weighted by molar-refractivity contribution is -0.122. The Labute approximate surface area is 172 Å². The first kappa shape index (κ1) is 22.7. The number of carbonyl (C=O) groups is 1. The minimum Gasteiger partial charge on any atom is -0.493 e. The summed E-state index contributed by atoms with van der Waals surface area (Å²) in [6.07, 6.45) is 0.631. The Bertz CT molecular complexity index is 943. The van der Waals surface area contributed by atoms with Crippen molar-refractivity contribution in [2.75, 3.05) is 27.8 Å². The van der Waals surface area contributed by atoms with Crippen LogP contribution in [0.4, 0.5) is 0 Å². The first-order chi connectivity index (χ1) is 13.6. The van der Waals surface area contributed by atoms with Gasteiger partial charge >= 0.3 is 0 Å². The van der Waals surface area contributed by atoms with Crippen molar-refractivity contribution in [2.24, 2.45) is 0 Å². The minimum atomic E-state index is -3.87. The molecule has 2 aromatic carbocycles. The zero-order chi connectivity index (χ0) is 21.7. The molecule has 0 bridgehead atoms. The number of benzene rings is 2. The van der Waals surface area contributed by atoms with Gasteiger partial charge in [0.05, 0.1) is 25.7 Å². The van der Waals surface area contributed by atoms with Crippen molar-refractivity contribution in [3.8, 4) is 11.5 Å². The Morgan fingerprint density at radius 3 is 2.24 bits per heavy atom. The van der Waals surface area contributed by atoms with Crippen molar-refractivity contribution in [3.05, 3.63) is 54.1 Å². The number of nitrogens with one attached hydrogen (secondary N) is 1. The van der Waals surface area contributed by atoms with Crippen molar-refractivity contribution in [1.29, 1.82) is 0 Å². The second kappa shape index (κ2) is 9.28. The molecule has 158 valence electrons. The molecular weight excluding hydrogens is 392 g/mol. The number of sulfonamides is 1. The molecule has 0 aromatic heterocycles. The number of hydrogen-bond donors (Lipinski definition) is 1. The van der Waals surface area contributed by atoms with Gasteiger partial charge in [0.15, 0.2) is 11.5 Å². The monoisotopic (exact) mass is 420 g/mol. The zero-order valence-corrected chi connectivity index (χ0v) is 18.2. The molecule has 0 fully saturated rings. The average Bonchev–Trinajstić information content (AvgIpc) is 2.67. The summed E-state index contributed by atoms with van der Waals surface area (Å²) in [4.78, 5) is 12.5. The Hall–Kier alpha value is -2.58. The van der Waals surface area contributed by atoms with E-state index in [1.165, 1.54) is 39.5 Å². The van der Waals surface area contributed by atoms with E-state index in [0.29, 0.717) is 17.9 Å². The maximum absolute atomic E-state index is 12.8. The number of rotatable bonds is 9. The highest BCUT2D eigenvalue weighted by molar-refractivity contribution is 7.89. The summed E-state index contributed by atoms with van der Waals surface area (Å²) in [5.74, 6) is 0.349. The van der Waals surface area contributed by atoms with E-state index in [0.717, 1.165) is 9.87 Å². The lowest BCUT2D eigenvalue weighted by atomic mass is 9.95. The molecule has 0 saturated heterocycles. The van der Waals surface area contributed by atoms with Gasteiger partial charge in [-0.25, -0.2) is 8.42 Å². The van der Waals surface area contributed by atoms with Crippen LogP contribution in [0.1, 0.15) is 19.4 Å². The quantitative estimate of drug-likeness (QED) is 0.674. The van der Waals surface area contributed by atoms with E-state index in [9.17, 15) is 13.2 Å². The molecule has 1 N–H and O–H groups in total. The molecule has 0 aliphatic carbocycles. The van der Waals surface area contributed by atoms with Crippen molar-refractivity contribution in [1.82, 2.24) is 9.62 Å². The summed E-state index contributed by atoms with van der Waals surface area (Å²) in [7, 11) is 0.404. The van der Waals surface area contributed by atoms with Gasteiger partial charge in [0.1, 0.15) is 0 Å². The van der Waals surface area contributed by atoms with E-state index in [4.69, 9.17) is 9.47 Å². The lowest BCUT2D eigenvalue weighted by Crippen LogP contribution is -2.49. The van der Waals surface area contributed by atoms with Crippen LogP contribution >= 0.6 is 0 Å². The highest BCUT2D eigenvalue weighted by atomic mass is 32.2. The molecule has 8 heteroatoms. The van der Waals surface area contributed by atoms with Crippen LogP contribution in [0.15, 0.2) is 53.4 Å². The molecule has 0 aliphatic heterocycles. The SMILES string of the molecule is COc1ccc(S(=O)(=O)N(C)CC(=O)NC(C)(C)Cc2ccccc2)cc1OC. The van der Waals surface area contributed by atoms with Crippen LogP contribution in [0.25, 0.3) is 0 Å². The molecule has 0 spiro atoms. The number of hydrogen-bond acceptors (Lipinski definition) is 5. The molecule has 7 nitrogen and oxygen atoms in total. The summed E-state index contributed by atoms with van der Waals surface area (Å²) in [6, 6.07) is 14.1. The molecule has 0 radical (unpaired) electrons. The fourth-order valence-electron chi connectivity index (χ4n) is 3.01. The molecule has 1 amide bonds. The number of methoxy groups -OCH3 is 2. The third kappa shape index (κ3) is 5.95. The molecular formula is C21H28N2O5S. The van der Waals surface area contributed by atoms with Crippen LogP contribution in [-0.2, 0) is 21.2 Å². The maximum Gasteiger partial charge on any atom is 0.243 e. The van der Waals surface area contributed by atoms with Gasteiger partial charge < -0.3 is 14.8 Å². The van der Waals surface area contributed by atoms with Crippen molar-refractivity contribution < 1.29 is 22.7 Å². The molecule has 29 heavy (non-hydrogen) atoms. The fourth-order valence-corrected chi connectivity index (χ4v) is 4.15. The summed E-state index contributed by atoms with van der Waals surface area (Å²) in [5.41, 5.74) is 0.566. The number of likely N-dealkylation sites (N-methyl/N-ethyl adjacent to an activating group) is 1. The number of ether oxygens (including phenoxy) is 2. The fraction of sp³-hybridized carbons (Fsp3) is 0.381. The Morgan fingerprint density at radius 2 is 1.66 bits per heavy atom. The summed E-state index contributed by atoms with van der Waals surface area (Å²) in [6.45, 7) is 3.51. The van der Waals surface area contributed by atoms with Gasteiger partial charge in [-0.2, -0.15) is 4.31 Å². The minimum absolute atomic E-state index is 0.0222. The number of amides is 1. The third-order valence-corrected chi connectivity index (χ3v) is 6.20. The Balaban J connectivity index is 2.08. The third-order valence-electron chi connectivity index (χ3n) is 4.40. The van der Waals surface area contributed by atoms with E-state index in [1.807, 2.05) is 44.2 Å². The van der Waals surface area contributed by atoms with Gasteiger partial charge in [-0.3, -0.25) is 4.79 Å². The summed E-state index contributed by atoms with van der Waals surface area (Å²) < 4.78 is 37.0. The van der Waals surface area contributed by atoms with Gasteiger partial charge in [-0.1, -0.05) is 30.3 Å². The molecule has 0 atom stereocenters. The molecule has 0 aliphatic rings. The van der Waals surface area contributed by atoms with E-state index in [1.54, 1.807) is 0 Å². The topological polar surface area (TPSA) is 84.9 Å². The summed E-state index contributed by atoms with van der Waals surface area (Å²) >= 11 is 0. The molecule has 2 rings (SSSR count). The Morgan fingerprint density at radius 1 is 1.03 bits per heavy atom. The van der Waals surface area contributed by atoms with Crippen LogP contribution in [0.5, 0.6) is 11.5 Å². The first-order valence-electron chi connectivity index (χ1n) is 9.12.